The number of rotatable bonds is 6. The number of carbonyl (C=O) groups excluding carboxylic acids is 1. The van der Waals surface area contributed by atoms with Gasteiger partial charge in [-0.05, 0) is 49.5 Å². The fourth-order valence-electron chi connectivity index (χ4n) is 3.87. The standard InChI is InChI=1S/C25H26BrN7O2/c1-31-11-13-33(14-12-31)30-24(34)22-16-20(9-10-27-22)35-19-7-8-23-21(15-19)29-25(32(23)2)28-18-5-3-17(26)4-6-18/h3-10,15-16H,11-14H2,1-2H3,(H,28,29)(H,30,34). The molecule has 2 N–H and O–H groups in total. The van der Waals surface area contributed by atoms with Crippen LogP contribution in [0, 0.1) is 0 Å². The van der Waals surface area contributed by atoms with Crippen LogP contribution in [0.15, 0.2) is 65.3 Å². The molecule has 5 rings (SSSR count). The highest BCUT2D eigenvalue weighted by Gasteiger charge is 2.18. The largest absolute Gasteiger partial charge is 0.457 e. The molecule has 9 nitrogen and oxygen atoms in total. The van der Waals surface area contributed by atoms with Gasteiger partial charge in [0.25, 0.3) is 5.91 Å². The first-order chi connectivity index (χ1) is 16.9. The van der Waals surface area contributed by atoms with Crippen LogP contribution in [0.3, 0.4) is 0 Å². The van der Waals surface area contributed by atoms with Crippen molar-refractivity contribution in [2.24, 2.45) is 7.05 Å². The summed E-state index contributed by atoms with van der Waals surface area (Å²) in [5.74, 6) is 1.64. The van der Waals surface area contributed by atoms with E-state index in [4.69, 9.17) is 9.72 Å². The molecule has 2 aromatic carbocycles. The molecule has 1 amide bonds. The molecule has 180 valence electrons. The summed E-state index contributed by atoms with van der Waals surface area (Å²) in [7, 11) is 4.04. The van der Waals surface area contributed by atoms with Gasteiger partial charge in [-0.25, -0.2) is 9.99 Å². The van der Waals surface area contributed by atoms with Gasteiger partial charge >= 0.3 is 0 Å². The summed E-state index contributed by atoms with van der Waals surface area (Å²) in [6.07, 6.45) is 1.58. The Labute approximate surface area is 211 Å². The molecule has 0 radical (unpaired) electrons. The Morgan fingerprint density at radius 1 is 0.971 bits per heavy atom. The van der Waals surface area contributed by atoms with E-state index in [1.165, 1.54) is 0 Å². The second-order valence-corrected chi connectivity index (χ2v) is 9.40. The van der Waals surface area contributed by atoms with Crippen molar-refractivity contribution >= 4 is 44.5 Å². The van der Waals surface area contributed by atoms with Gasteiger partial charge < -0.3 is 19.5 Å². The zero-order chi connectivity index (χ0) is 24.4. The normalized spacial score (nSPS) is 14.7. The van der Waals surface area contributed by atoms with E-state index in [9.17, 15) is 4.79 Å². The van der Waals surface area contributed by atoms with Gasteiger partial charge in [0.15, 0.2) is 0 Å². The van der Waals surface area contributed by atoms with Crippen molar-refractivity contribution in [3.63, 3.8) is 0 Å². The van der Waals surface area contributed by atoms with Gasteiger partial charge in [0, 0.05) is 61.7 Å². The number of benzene rings is 2. The molecule has 10 heteroatoms. The number of pyridine rings is 1. The summed E-state index contributed by atoms with van der Waals surface area (Å²) < 4.78 is 9.06. The highest BCUT2D eigenvalue weighted by atomic mass is 79.9. The number of piperazine rings is 1. The molecule has 35 heavy (non-hydrogen) atoms. The number of hydrazine groups is 1. The maximum absolute atomic E-state index is 12.7. The number of aryl methyl sites for hydroxylation is 1. The predicted octanol–water partition coefficient (Wildman–Crippen LogP) is 4.16. The van der Waals surface area contributed by atoms with Gasteiger partial charge in [-0.3, -0.25) is 15.2 Å². The SMILES string of the molecule is CN1CCN(NC(=O)c2cc(Oc3ccc4c(c3)nc(Nc3ccc(Br)cc3)n4C)ccn2)CC1. The lowest BCUT2D eigenvalue weighted by Crippen LogP contribution is -2.52. The summed E-state index contributed by atoms with van der Waals surface area (Å²) in [5, 5.41) is 5.27. The van der Waals surface area contributed by atoms with Gasteiger partial charge in [0.05, 0.1) is 11.0 Å². The van der Waals surface area contributed by atoms with Crippen molar-refractivity contribution < 1.29 is 9.53 Å². The van der Waals surface area contributed by atoms with Crippen LogP contribution in [0.1, 0.15) is 10.5 Å². The van der Waals surface area contributed by atoms with Gasteiger partial charge in [-0.2, -0.15) is 0 Å². The number of ether oxygens (including phenoxy) is 1. The van der Waals surface area contributed by atoms with Gasteiger partial charge in [-0.1, -0.05) is 15.9 Å². The predicted molar refractivity (Wildman–Crippen MR) is 139 cm³/mol. The molecule has 0 aliphatic carbocycles. The van der Waals surface area contributed by atoms with E-state index >= 15 is 0 Å². The number of fused-ring (bicyclic) bond motifs is 1. The third-order valence-corrected chi connectivity index (χ3v) is 6.44. The Balaban J connectivity index is 1.29. The Hall–Kier alpha value is -3.47. The number of nitrogens with one attached hydrogen (secondary N) is 2. The zero-order valence-corrected chi connectivity index (χ0v) is 21.1. The van der Waals surface area contributed by atoms with Crippen LogP contribution in [0.5, 0.6) is 11.5 Å². The van der Waals surface area contributed by atoms with E-state index in [-0.39, 0.29) is 5.91 Å². The first-order valence-electron chi connectivity index (χ1n) is 11.3. The number of anilines is 2. The van der Waals surface area contributed by atoms with Crippen LogP contribution in [0.4, 0.5) is 11.6 Å². The second kappa shape index (κ2) is 10.0. The van der Waals surface area contributed by atoms with Crippen molar-refractivity contribution in [3.05, 3.63) is 71.0 Å². The molecule has 2 aromatic heterocycles. The van der Waals surface area contributed by atoms with Crippen molar-refractivity contribution in [2.45, 2.75) is 0 Å². The molecule has 0 bridgehead atoms. The molecular formula is C25H26BrN7O2. The number of likely N-dealkylation sites (N-methyl/N-ethyl adjacent to an activating group) is 1. The molecule has 1 aliphatic heterocycles. The number of halogens is 1. The molecule has 4 aromatic rings. The van der Waals surface area contributed by atoms with Gasteiger partial charge in [0.2, 0.25) is 5.95 Å². The van der Waals surface area contributed by atoms with Gasteiger partial charge in [0.1, 0.15) is 17.2 Å². The highest BCUT2D eigenvalue weighted by molar-refractivity contribution is 9.10. The minimum atomic E-state index is -0.246. The third kappa shape index (κ3) is 5.45. The molecule has 1 aliphatic rings. The summed E-state index contributed by atoms with van der Waals surface area (Å²) >= 11 is 3.45. The molecule has 0 saturated carbocycles. The average molecular weight is 536 g/mol. The molecule has 0 spiro atoms. The van der Waals surface area contributed by atoms with Crippen LogP contribution < -0.4 is 15.5 Å². The quantitative estimate of drug-likeness (QED) is 0.383. The Bertz CT molecular complexity index is 1350. The van der Waals surface area contributed by atoms with Crippen LogP contribution >= 0.6 is 15.9 Å². The van der Waals surface area contributed by atoms with Gasteiger partial charge in [-0.15, -0.1) is 0 Å². The minimum Gasteiger partial charge on any atom is -0.457 e. The van der Waals surface area contributed by atoms with E-state index in [1.807, 2.05) is 59.1 Å². The molecule has 1 saturated heterocycles. The van der Waals surface area contributed by atoms with E-state index in [1.54, 1.807) is 18.3 Å². The van der Waals surface area contributed by atoms with E-state index in [0.29, 0.717) is 17.2 Å². The van der Waals surface area contributed by atoms with Crippen LogP contribution in [-0.4, -0.2) is 63.6 Å². The Morgan fingerprint density at radius 3 is 2.49 bits per heavy atom. The lowest BCUT2D eigenvalue weighted by atomic mass is 10.3. The Morgan fingerprint density at radius 2 is 1.71 bits per heavy atom. The Kier molecular flexibility index (Phi) is 6.67. The summed E-state index contributed by atoms with van der Waals surface area (Å²) in [4.78, 5) is 23.8. The average Bonchev–Trinajstić information content (AvgIpc) is 3.16. The monoisotopic (exact) mass is 535 g/mol. The summed E-state index contributed by atoms with van der Waals surface area (Å²) in [5.41, 5.74) is 5.95. The number of nitrogens with zero attached hydrogens (tertiary/aromatic N) is 5. The van der Waals surface area contributed by atoms with Crippen molar-refractivity contribution in [1.82, 2.24) is 29.9 Å². The minimum absolute atomic E-state index is 0.246. The molecule has 3 heterocycles. The van der Waals surface area contributed by atoms with Crippen molar-refractivity contribution in [3.8, 4) is 11.5 Å². The maximum atomic E-state index is 12.7. The maximum Gasteiger partial charge on any atom is 0.284 e. The molecule has 0 unspecified atom stereocenters. The fourth-order valence-corrected chi connectivity index (χ4v) is 4.14. The fraction of sp³-hybridized carbons (Fsp3) is 0.240. The number of amides is 1. The van der Waals surface area contributed by atoms with E-state index in [2.05, 4.69) is 43.6 Å². The number of aromatic nitrogens is 3. The zero-order valence-electron chi connectivity index (χ0n) is 19.5. The van der Waals surface area contributed by atoms with Crippen LogP contribution in [-0.2, 0) is 7.05 Å². The van der Waals surface area contributed by atoms with Crippen LogP contribution in [0.25, 0.3) is 11.0 Å². The van der Waals surface area contributed by atoms with E-state index in [0.717, 1.165) is 53.3 Å². The number of carbonyl (C=O) groups is 1. The number of hydrogen-bond donors (Lipinski definition) is 2. The highest BCUT2D eigenvalue weighted by Crippen LogP contribution is 2.28. The number of hydrogen-bond acceptors (Lipinski definition) is 7. The first-order valence-corrected chi connectivity index (χ1v) is 12.1. The molecular weight excluding hydrogens is 510 g/mol. The second-order valence-electron chi connectivity index (χ2n) is 8.49. The third-order valence-electron chi connectivity index (χ3n) is 5.92. The summed E-state index contributed by atoms with van der Waals surface area (Å²) in [6.45, 7) is 3.38. The lowest BCUT2D eigenvalue weighted by Gasteiger charge is -2.32. The van der Waals surface area contributed by atoms with E-state index < -0.39 is 0 Å². The molecule has 1 fully saturated rings. The first kappa shape index (κ1) is 23.3. The topological polar surface area (TPSA) is 87.5 Å². The number of imidazole rings is 1. The lowest BCUT2D eigenvalue weighted by molar-refractivity contribution is 0.0657. The summed E-state index contributed by atoms with van der Waals surface area (Å²) in [6, 6.07) is 17.0. The van der Waals surface area contributed by atoms with Crippen molar-refractivity contribution in [1.29, 1.82) is 0 Å². The van der Waals surface area contributed by atoms with Crippen LogP contribution in [0.2, 0.25) is 0 Å². The van der Waals surface area contributed by atoms with Crippen molar-refractivity contribution in [2.75, 3.05) is 38.5 Å². The smallest absolute Gasteiger partial charge is 0.284 e. The molecule has 0 atom stereocenters.